The van der Waals surface area contributed by atoms with Gasteiger partial charge in [-0.15, -0.1) is 0 Å². The second-order valence-electron chi connectivity index (χ2n) is 11.1. The number of hydrogen-bond donors (Lipinski definition) is 0. The number of sulfonamides is 1. The van der Waals surface area contributed by atoms with Gasteiger partial charge in [0.05, 0.1) is 10.6 Å². The number of pyridine rings is 1. The van der Waals surface area contributed by atoms with Crippen LogP contribution in [0.5, 0.6) is 0 Å². The Morgan fingerprint density at radius 1 is 0.870 bits per heavy atom. The average Bonchev–Trinajstić information content (AvgIpc) is 3.45. The molecule has 0 radical (unpaired) electrons. The lowest BCUT2D eigenvalue weighted by molar-refractivity contribution is -0.120. The number of Topliss-reactive ketones (excluding diaryl/α,β-unsaturated/α-hetero) is 1. The monoisotopic (exact) mass is 664 g/mol. The molecular weight excluding hydrogens is 634 g/mol. The third kappa shape index (κ3) is 7.66. The molecule has 0 spiro atoms. The highest BCUT2D eigenvalue weighted by molar-refractivity contribution is 7.89. The standard InChI is InChI=1S/C32H30F6N4O3S/c33-23-14-20(15-24(34)17-23)13-22(16-25(43)19-42-29(32(37)38)18-28(40-42)31(35)36)30-27(5-4-10-39-30)21-6-8-26(9-7-21)46(44,45)41-11-2-1-3-12-41/h4-10,14-15,17-18,22,31-32H,1-3,11-13,16,19H2/t22-/m1/s1. The first-order valence-corrected chi connectivity index (χ1v) is 16.0. The van der Waals surface area contributed by atoms with Crippen LogP contribution in [0.1, 0.15) is 67.1 Å². The van der Waals surface area contributed by atoms with Gasteiger partial charge in [0.15, 0.2) is 5.78 Å². The molecule has 14 heteroatoms. The summed E-state index contributed by atoms with van der Waals surface area (Å²) >= 11 is 0. The quantitative estimate of drug-likeness (QED) is 0.149. The van der Waals surface area contributed by atoms with Crippen LogP contribution >= 0.6 is 0 Å². The van der Waals surface area contributed by atoms with Crippen LogP contribution in [0.4, 0.5) is 26.3 Å². The second-order valence-corrected chi connectivity index (χ2v) is 13.0. The lowest BCUT2D eigenvalue weighted by atomic mass is 9.87. The summed E-state index contributed by atoms with van der Waals surface area (Å²) in [6.07, 6.45) is -2.76. The summed E-state index contributed by atoms with van der Waals surface area (Å²) in [5.41, 5.74) is -0.154. The second kappa shape index (κ2) is 14.2. The summed E-state index contributed by atoms with van der Waals surface area (Å²) in [5.74, 6) is -3.19. The van der Waals surface area contributed by atoms with E-state index in [1.54, 1.807) is 24.3 Å². The highest BCUT2D eigenvalue weighted by Crippen LogP contribution is 2.34. The van der Waals surface area contributed by atoms with Gasteiger partial charge in [-0.05, 0) is 66.8 Å². The van der Waals surface area contributed by atoms with E-state index in [4.69, 9.17) is 0 Å². The maximum absolute atomic E-state index is 14.1. The van der Waals surface area contributed by atoms with E-state index in [1.807, 2.05) is 0 Å². The Morgan fingerprint density at radius 3 is 2.17 bits per heavy atom. The van der Waals surface area contributed by atoms with Gasteiger partial charge >= 0.3 is 0 Å². The summed E-state index contributed by atoms with van der Waals surface area (Å²) < 4.78 is 110. The predicted molar refractivity (Wildman–Crippen MR) is 157 cm³/mol. The number of ketones is 1. The van der Waals surface area contributed by atoms with E-state index in [-0.39, 0.29) is 23.3 Å². The van der Waals surface area contributed by atoms with Crippen molar-refractivity contribution in [3.63, 3.8) is 0 Å². The zero-order valence-corrected chi connectivity index (χ0v) is 25.2. The number of carbonyl (C=O) groups excluding carboxylic acids is 1. The first-order chi connectivity index (χ1) is 21.9. The molecule has 0 amide bonds. The normalized spacial score (nSPS) is 15.0. The van der Waals surface area contributed by atoms with Gasteiger partial charge in [0.25, 0.3) is 12.9 Å². The third-order valence-electron chi connectivity index (χ3n) is 7.83. The first-order valence-electron chi connectivity index (χ1n) is 14.6. The molecule has 0 saturated carbocycles. The van der Waals surface area contributed by atoms with Gasteiger partial charge in [0, 0.05) is 43.3 Å². The Balaban J connectivity index is 1.47. The van der Waals surface area contributed by atoms with Crippen LogP contribution in [0.25, 0.3) is 11.1 Å². The zero-order chi connectivity index (χ0) is 33.0. The molecule has 46 heavy (non-hydrogen) atoms. The number of nitrogens with zero attached hydrogens (tertiary/aromatic N) is 4. The van der Waals surface area contributed by atoms with E-state index in [0.717, 1.165) is 31.4 Å². The van der Waals surface area contributed by atoms with E-state index < -0.39 is 64.1 Å². The number of aromatic nitrogens is 3. The Labute approximate surface area is 261 Å². The van der Waals surface area contributed by atoms with Crippen LogP contribution in [0.2, 0.25) is 0 Å². The Bertz CT molecular complexity index is 1770. The first kappa shape index (κ1) is 33.3. The minimum atomic E-state index is -3.70. The summed E-state index contributed by atoms with van der Waals surface area (Å²) in [7, 11) is -3.70. The summed E-state index contributed by atoms with van der Waals surface area (Å²) in [6.45, 7) is 0.133. The van der Waals surface area contributed by atoms with Crippen molar-refractivity contribution in [2.24, 2.45) is 0 Å². The lowest BCUT2D eigenvalue weighted by Gasteiger charge is -2.26. The third-order valence-corrected chi connectivity index (χ3v) is 9.74. The van der Waals surface area contributed by atoms with Crippen LogP contribution in [0.15, 0.2) is 71.8 Å². The van der Waals surface area contributed by atoms with E-state index >= 15 is 0 Å². The van der Waals surface area contributed by atoms with Crippen molar-refractivity contribution in [1.82, 2.24) is 19.1 Å². The summed E-state index contributed by atoms with van der Waals surface area (Å²) in [6, 6.07) is 12.9. The van der Waals surface area contributed by atoms with Crippen molar-refractivity contribution in [3.05, 3.63) is 101 Å². The molecule has 7 nitrogen and oxygen atoms in total. The Morgan fingerprint density at radius 2 is 1.54 bits per heavy atom. The molecule has 0 aliphatic carbocycles. The fourth-order valence-electron chi connectivity index (χ4n) is 5.69. The summed E-state index contributed by atoms with van der Waals surface area (Å²) in [5, 5.41) is 3.48. The Kier molecular flexibility index (Phi) is 10.3. The molecule has 4 aromatic rings. The predicted octanol–water partition coefficient (Wildman–Crippen LogP) is 7.26. The number of carbonyl (C=O) groups is 1. The molecule has 1 aliphatic rings. The van der Waals surface area contributed by atoms with Crippen LogP contribution < -0.4 is 0 Å². The molecule has 5 rings (SSSR count). The minimum Gasteiger partial charge on any atom is -0.298 e. The van der Waals surface area contributed by atoms with E-state index in [9.17, 15) is 39.6 Å². The van der Waals surface area contributed by atoms with Crippen LogP contribution in [-0.2, 0) is 27.8 Å². The van der Waals surface area contributed by atoms with Crippen molar-refractivity contribution >= 4 is 15.8 Å². The highest BCUT2D eigenvalue weighted by atomic mass is 32.2. The van der Waals surface area contributed by atoms with Crippen molar-refractivity contribution in [2.75, 3.05) is 13.1 Å². The van der Waals surface area contributed by atoms with Crippen molar-refractivity contribution in [2.45, 2.75) is 62.3 Å². The molecule has 2 aromatic carbocycles. The smallest absolute Gasteiger partial charge is 0.282 e. The largest absolute Gasteiger partial charge is 0.298 e. The molecule has 2 aromatic heterocycles. The zero-order valence-electron chi connectivity index (χ0n) is 24.4. The van der Waals surface area contributed by atoms with Gasteiger partial charge in [-0.25, -0.2) is 34.8 Å². The maximum atomic E-state index is 14.1. The number of piperidine rings is 1. The average molecular weight is 665 g/mol. The van der Waals surface area contributed by atoms with Crippen molar-refractivity contribution in [3.8, 4) is 11.1 Å². The molecule has 1 atom stereocenters. The minimum absolute atomic E-state index is 0.0883. The maximum Gasteiger partial charge on any atom is 0.282 e. The molecule has 0 unspecified atom stereocenters. The molecule has 3 heterocycles. The van der Waals surface area contributed by atoms with Crippen LogP contribution in [0, 0.1) is 11.6 Å². The number of alkyl halides is 4. The molecular formula is C32H30F6N4O3S. The van der Waals surface area contributed by atoms with E-state index in [1.165, 1.54) is 22.6 Å². The Hall–Kier alpha value is -4.04. The van der Waals surface area contributed by atoms with E-state index in [0.29, 0.717) is 46.7 Å². The number of hydrogen-bond acceptors (Lipinski definition) is 5. The van der Waals surface area contributed by atoms with Gasteiger partial charge in [0.1, 0.15) is 29.6 Å². The van der Waals surface area contributed by atoms with Crippen molar-refractivity contribution < 1.29 is 39.6 Å². The molecule has 1 aliphatic heterocycles. The number of benzene rings is 2. The lowest BCUT2D eigenvalue weighted by Crippen LogP contribution is -2.35. The number of rotatable bonds is 12. The molecule has 1 fully saturated rings. The summed E-state index contributed by atoms with van der Waals surface area (Å²) in [4.78, 5) is 17.9. The van der Waals surface area contributed by atoms with Crippen LogP contribution in [-0.4, -0.2) is 46.4 Å². The van der Waals surface area contributed by atoms with E-state index in [2.05, 4.69) is 10.1 Å². The molecule has 1 saturated heterocycles. The van der Waals surface area contributed by atoms with Crippen LogP contribution in [0.3, 0.4) is 0 Å². The highest BCUT2D eigenvalue weighted by Gasteiger charge is 2.28. The number of halogens is 6. The molecule has 244 valence electrons. The van der Waals surface area contributed by atoms with Gasteiger partial charge in [-0.1, -0.05) is 24.6 Å². The SMILES string of the molecule is O=C(C[C@@H](Cc1cc(F)cc(F)c1)c1ncccc1-c1ccc(S(=O)(=O)N2CCCCC2)cc1)Cn1nc(C(F)F)cc1C(F)F. The topological polar surface area (TPSA) is 85.2 Å². The fourth-order valence-corrected chi connectivity index (χ4v) is 7.21. The van der Waals surface area contributed by atoms with Gasteiger partial charge in [0.2, 0.25) is 10.0 Å². The fraction of sp³-hybridized carbons (Fsp3) is 0.344. The van der Waals surface area contributed by atoms with Gasteiger partial charge in [-0.3, -0.25) is 14.5 Å². The van der Waals surface area contributed by atoms with Crippen molar-refractivity contribution in [1.29, 1.82) is 0 Å². The molecule has 0 N–H and O–H groups in total. The van der Waals surface area contributed by atoms with Gasteiger partial charge in [-0.2, -0.15) is 9.40 Å². The molecule has 0 bridgehead atoms. The van der Waals surface area contributed by atoms with Gasteiger partial charge < -0.3 is 0 Å².